The second kappa shape index (κ2) is 4.92. The predicted octanol–water partition coefficient (Wildman–Crippen LogP) is 2.33. The number of carbonyl (C=O) groups is 1. The van der Waals surface area contributed by atoms with Crippen LogP contribution in [0.15, 0.2) is 0 Å². The van der Waals surface area contributed by atoms with E-state index in [9.17, 15) is 4.79 Å². The lowest BCUT2D eigenvalue weighted by Crippen LogP contribution is -2.44. The molecule has 0 aromatic heterocycles. The van der Waals surface area contributed by atoms with Crippen LogP contribution in [0.5, 0.6) is 0 Å². The van der Waals surface area contributed by atoms with E-state index < -0.39 is 0 Å². The minimum atomic E-state index is 0.248. The van der Waals surface area contributed by atoms with Gasteiger partial charge in [-0.05, 0) is 19.3 Å². The highest BCUT2D eigenvalue weighted by atomic mass is 16.1. The Balaban J connectivity index is 2.42. The average Bonchev–Trinajstić information content (AvgIpc) is 2.08. The second-order valence-corrected chi connectivity index (χ2v) is 5.09. The summed E-state index contributed by atoms with van der Waals surface area (Å²) in [7, 11) is 0. The van der Waals surface area contributed by atoms with Crippen LogP contribution in [0.3, 0.4) is 0 Å². The highest BCUT2D eigenvalue weighted by Gasteiger charge is 2.26. The summed E-state index contributed by atoms with van der Waals surface area (Å²) >= 11 is 0. The molecular formula is C12H23NO. The van der Waals surface area contributed by atoms with E-state index in [2.05, 4.69) is 32.6 Å². The molecule has 0 aromatic rings. The van der Waals surface area contributed by atoms with Gasteiger partial charge in [0.1, 0.15) is 5.78 Å². The van der Waals surface area contributed by atoms with Crippen LogP contribution in [0.25, 0.3) is 0 Å². The highest BCUT2D eigenvalue weighted by Crippen LogP contribution is 2.18. The number of ketones is 1. The number of nitrogens with zero attached hydrogens (tertiary/aromatic N) is 1. The molecule has 0 aromatic carbocycles. The third kappa shape index (κ3) is 3.09. The van der Waals surface area contributed by atoms with Gasteiger partial charge in [0.25, 0.3) is 0 Å². The molecule has 1 saturated heterocycles. The van der Waals surface area contributed by atoms with Crippen LogP contribution in [0, 0.1) is 11.8 Å². The highest BCUT2D eigenvalue weighted by molar-refractivity contribution is 5.81. The predicted molar refractivity (Wildman–Crippen MR) is 59.3 cm³/mol. The van der Waals surface area contributed by atoms with Crippen molar-refractivity contribution in [2.24, 2.45) is 11.8 Å². The van der Waals surface area contributed by atoms with E-state index in [4.69, 9.17) is 0 Å². The summed E-state index contributed by atoms with van der Waals surface area (Å²) in [5, 5.41) is 0. The Hall–Kier alpha value is -0.370. The summed E-state index contributed by atoms with van der Waals surface area (Å²) < 4.78 is 0. The molecule has 0 N–H and O–H groups in total. The smallest absolute Gasteiger partial charge is 0.138 e. The van der Waals surface area contributed by atoms with Gasteiger partial charge in [0.2, 0.25) is 0 Å². The molecule has 0 aliphatic carbocycles. The van der Waals surface area contributed by atoms with Gasteiger partial charge in [0, 0.05) is 31.5 Å². The molecule has 2 atom stereocenters. The van der Waals surface area contributed by atoms with Crippen molar-refractivity contribution < 1.29 is 4.79 Å². The first-order valence-corrected chi connectivity index (χ1v) is 5.77. The van der Waals surface area contributed by atoms with Crippen LogP contribution < -0.4 is 0 Å². The number of hydrogen-bond donors (Lipinski definition) is 0. The number of likely N-dealkylation sites (tertiary alicyclic amines) is 1. The lowest BCUT2D eigenvalue weighted by atomic mass is 9.95. The summed E-state index contributed by atoms with van der Waals surface area (Å²) in [5.74, 6) is 1.44. The molecule has 2 heteroatoms. The van der Waals surface area contributed by atoms with Crippen LogP contribution in [-0.4, -0.2) is 29.8 Å². The first-order valence-electron chi connectivity index (χ1n) is 5.77. The fourth-order valence-corrected chi connectivity index (χ4v) is 2.28. The van der Waals surface area contributed by atoms with Gasteiger partial charge in [0.05, 0.1) is 0 Å². The van der Waals surface area contributed by atoms with Crippen molar-refractivity contribution in [3.8, 4) is 0 Å². The summed E-state index contributed by atoms with van der Waals surface area (Å²) in [6.45, 7) is 10.8. The van der Waals surface area contributed by atoms with Crippen molar-refractivity contribution in [3.63, 3.8) is 0 Å². The summed E-state index contributed by atoms with van der Waals surface area (Å²) in [4.78, 5) is 13.8. The Morgan fingerprint density at radius 2 is 2.07 bits per heavy atom. The quantitative estimate of drug-likeness (QED) is 0.692. The molecule has 2 nitrogen and oxygen atoms in total. The molecule has 2 unspecified atom stereocenters. The Kier molecular flexibility index (Phi) is 4.11. The SMILES string of the molecule is CC(C)CC(C)N1CCC(=O)C(C)C1. The van der Waals surface area contributed by atoms with E-state index in [0.29, 0.717) is 11.8 Å². The van der Waals surface area contributed by atoms with Gasteiger partial charge in [-0.3, -0.25) is 9.69 Å². The molecule has 82 valence electrons. The van der Waals surface area contributed by atoms with Crippen LogP contribution >= 0.6 is 0 Å². The number of hydrogen-bond acceptors (Lipinski definition) is 2. The maximum atomic E-state index is 11.4. The Bertz CT molecular complexity index is 200. The van der Waals surface area contributed by atoms with Crippen molar-refractivity contribution in [2.45, 2.75) is 46.6 Å². The molecule has 0 saturated carbocycles. The van der Waals surface area contributed by atoms with E-state index in [1.54, 1.807) is 0 Å². The van der Waals surface area contributed by atoms with Crippen LogP contribution in [0.2, 0.25) is 0 Å². The van der Waals surface area contributed by atoms with Crippen LogP contribution in [-0.2, 0) is 4.79 Å². The fraction of sp³-hybridized carbons (Fsp3) is 0.917. The van der Waals surface area contributed by atoms with E-state index in [1.807, 2.05) is 0 Å². The second-order valence-electron chi connectivity index (χ2n) is 5.09. The van der Waals surface area contributed by atoms with Gasteiger partial charge >= 0.3 is 0 Å². The first kappa shape index (κ1) is 11.7. The molecule has 0 bridgehead atoms. The van der Waals surface area contributed by atoms with Gasteiger partial charge in [0.15, 0.2) is 0 Å². The van der Waals surface area contributed by atoms with Crippen LogP contribution in [0.4, 0.5) is 0 Å². The third-order valence-corrected chi connectivity index (χ3v) is 3.14. The molecule has 1 rings (SSSR count). The van der Waals surface area contributed by atoms with E-state index in [1.165, 1.54) is 6.42 Å². The van der Waals surface area contributed by atoms with Gasteiger partial charge in [-0.2, -0.15) is 0 Å². The Morgan fingerprint density at radius 3 is 2.57 bits per heavy atom. The van der Waals surface area contributed by atoms with Crippen molar-refractivity contribution in [2.75, 3.05) is 13.1 Å². The fourth-order valence-electron chi connectivity index (χ4n) is 2.28. The van der Waals surface area contributed by atoms with Crippen molar-refractivity contribution in [1.29, 1.82) is 0 Å². The molecule has 14 heavy (non-hydrogen) atoms. The Morgan fingerprint density at radius 1 is 1.43 bits per heavy atom. The lowest BCUT2D eigenvalue weighted by Gasteiger charge is -2.35. The largest absolute Gasteiger partial charge is 0.300 e. The summed E-state index contributed by atoms with van der Waals surface area (Å²) in [5.41, 5.74) is 0. The van der Waals surface area contributed by atoms with E-state index >= 15 is 0 Å². The Labute approximate surface area is 87.7 Å². The molecular weight excluding hydrogens is 174 g/mol. The standard InChI is InChI=1S/C12H23NO/c1-9(2)7-11(4)13-6-5-12(14)10(3)8-13/h9-11H,5-8H2,1-4H3. The van der Waals surface area contributed by atoms with E-state index in [0.717, 1.165) is 25.4 Å². The number of piperidine rings is 1. The van der Waals surface area contributed by atoms with Gasteiger partial charge in [-0.25, -0.2) is 0 Å². The minimum absolute atomic E-state index is 0.248. The zero-order chi connectivity index (χ0) is 10.7. The lowest BCUT2D eigenvalue weighted by molar-refractivity contribution is -0.126. The first-order chi connectivity index (χ1) is 6.50. The number of Topliss-reactive ketones (excluding diaryl/α,β-unsaturated/α-hetero) is 1. The molecule has 0 amide bonds. The normalized spacial score (nSPS) is 26.9. The molecule has 0 spiro atoms. The molecule has 0 radical (unpaired) electrons. The van der Waals surface area contributed by atoms with Crippen molar-refractivity contribution >= 4 is 5.78 Å². The summed E-state index contributed by atoms with van der Waals surface area (Å²) in [6.07, 6.45) is 1.99. The van der Waals surface area contributed by atoms with Crippen molar-refractivity contribution in [3.05, 3.63) is 0 Å². The maximum absolute atomic E-state index is 11.4. The zero-order valence-corrected chi connectivity index (χ0v) is 9.92. The zero-order valence-electron chi connectivity index (χ0n) is 9.92. The van der Waals surface area contributed by atoms with Crippen LogP contribution in [0.1, 0.15) is 40.5 Å². The topological polar surface area (TPSA) is 20.3 Å². The van der Waals surface area contributed by atoms with Crippen molar-refractivity contribution in [1.82, 2.24) is 4.90 Å². The molecule has 1 aliphatic rings. The molecule has 1 heterocycles. The monoisotopic (exact) mass is 197 g/mol. The summed E-state index contributed by atoms with van der Waals surface area (Å²) in [6, 6.07) is 0.630. The molecule has 1 fully saturated rings. The average molecular weight is 197 g/mol. The third-order valence-electron chi connectivity index (χ3n) is 3.14. The number of rotatable bonds is 3. The number of carbonyl (C=O) groups excluding carboxylic acids is 1. The maximum Gasteiger partial charge on any atom is 0.138 e. The van der Waals surface area contributed by atoms with E-state index in [-0.39, 0.29) is 5.92 Å². The van der Waals surface area contributed by atoms with Gasteiger partial charge in [-0.1, -0.05) is 20.8 Å². The molecule has 1 aliphatic heterocycles. The minimum Gasteiger partial charge on any atom is -0.300 e. The van der Waals surface area contributed by atoms with Gasteiger partial charge in [-0.15, -0.1) is 0 Å². The van der Waals surface area contributed by atoms with Gasteiger partial charge < -0.3 is 0 Å².